The number of para-hydroxylation sites is 2. The van der Waals surface area contributed by atoms with E-state index in [0.717, 1.165) is 24.2 Å². The van der Waals surface area contributed by atoms with Crippen LogP contribution >= 0.6 is 0 Å². The highest BCUT2D eigenvalue weighted by Gasteiger charge is 2.41. The van der Waals surface area contributed by atoms with Crippen LogP contribution in [-0.2, 0) is 18.3 Å². The monoisotopic (exact) mass is 773 g/mol. The molecule has 0 N–H and O–H groups in total. The molecule has 0 bridgehead atoms. The van der Waals surface area contributed by atoms with Gasteiger partial charge in [-0.15, -0.1) is 0 Å². The zero-order valence-electron chi connectivity index (χ0n) is 34.7. The first-order valence-electron chi connectivity index (χ1n) is 21.9. The van der Waals surface area contributed by atoms with E-state index in [-0.39, 0.29) is 5.41 Å². The van der Waals surface area contributed by atoms with E-state index in [1.807, 2.05) is 0 Å². The standard InChI is InChI=1S/C59H51N/c1-3-59(4-2)56-39-43(31-37-54(56)55-38-36-51(41-57(55)59)60(49-21-10-6-11-22-49)50-23-12-7-13-24-50)28-27-42-29-32-46(33-30-42)58-52(45-18-8-5-9-19-45)25-16-26-53(58)48-35-34-44-17-14-15-20-47(44)40-48/h5-13,16,18-19,21-41H,3-4,14-15,17,20H2,1-2H3/b28-27+. The van der Waals surface area contributed by atoms with Crippen LogP contribution < -0.4 is 4.90 Å². The maximum atomic E-state index is 2.46. The number of benzene rings is 8. The highest BCUT2D eigenvalue weighted by Crippen LogP contribution is 2.54. The van der Waals surface area contributed by atoms with Gasteiger partial charge in [-0.2, -0.15) is 0 Å². The number of rotatable bonds is 10. The molecule has 2 aliphatic rings. The number of aryl methyl sites for hydroxylation is 2. The van der Waals surface area contributed by atoms with Crippen LogP contribution in [0.25, 0.3) is 56.7 Å². The van der Waals surface area contributed by atoms with Gasteiger partial charge in [-0.25, -0.2) is 0 Å². The van der Waals surface area contributed by atoms with E-state index in [0.29, 0.717) is 0 Å². The van der Waals surface area contributed by atoms with Crippen LogP contribution in [0.15, 0.2) is 188 Å². The highest BCUT2D eigenvalue weighted by atomic mass is 15.1. The fourth-order valence-corrected chi connectivity index (χ4v) is 10.2. The van der Waals surface area contributed by atoms with Crippen LogP contribution in [0.2, 0.25) is 0 Å². The number of fused-ring (bicyclic) bond motifs is 4. The lowest BCUT2D eigenvalue weighted by atomic mass is 9.73. The van der Waals surface area contributed by atoms with Crippen molar-refractivity contribution in [2.24, 2.45) is 0 Å². The van der Waals surface area contributed by atoms with E-state index in [1.54, 1.807) is 0 Å². The van der Waals surface area contributed by atoms with E-state index in [2.05, 4.69) is 219 Å². The third kappa shape index (κ3) is 6.79. The molecule has 60 heavy (non-hydrogen) atoms. The van der Waals surface area contributed by atoms with Gasteiger partial charge < -0.3 is 4.90 Å². The van der Waals surface area contributed by atoms with Crippen molar-refractivity contribution in [2.45, 2.75) is 57.8 Å². The van der Waals surface area contributed by atoms with Gasteiger partial charge in [0.05, 0.1) is 0 Å². The summed E-state index contributed by atoms with van der Waals surface area (Å²) >= 11 is 0. The van der Waals surface area contributed by atoms with Gasteiger partial charge in [0, 0.05) is 22.5 Å². The predicted octanol–water partition coefficient (Wildman–Crippen LogP) is 16.3. The van der Waals surface area contributed by atoms with E-state index >= 15 is 0 Å². The molecule has 0 atom stereocenters. The fourth-order valence-electron chi connectivity index (χ4n) is 10.2. The van der Waals surface area contributed by atoms with Crippen molar-refractivity contribution in [1.82, 2.24) is 0 Å². The summed E-state index contributed by atoms with van der Waals surface area (Å²) in [7, 11) is 0. The zero-order valence-corrected chi connectivity index (χ0v) is 34.7. The summed E-state index contributed by atoms with van der Waals surface area (Å²) in [6.45, 7) is 4.72. The molecule has 0 fully saturated rings. The molecular weight excluding hydrogens is 723 g/mol. The van der Waals surface area contributed by atoms with Gasteiger partial charge in [-0.3, -0.25) is 0 Å². The molecule has 1 heteroatoms. The summed E-state index contributed by atoms with van der Waals surface area (Å²) in [5.41, 5.74) is 22.1. The summed E-state index contributed by atoms with van der Waals surface area (Å²) in [6, 6.07) is 69.7. The molecule has 2 aliphatic carbocycles. The quantitative estimate of drug-likeness (QED) is 0.125. The first-order chi connectivity index (χ1) is 29.6. The molecule has 0 radical (unpaired) electrons. The van der Waals surface area contributed by atoms with Crippen molar-refractivity contribution in [3.8, 4) is 44.5 Å². The molecule has 0 saturated carbocycles. The van der Waals surface area contributed by atoms with Crippen LogP contribution in [0.4, 0.5) is 17.1 Å². The second kappa shape index (κ2) is 16.2. The Morgan fingerprint density at radius 1 is 0.417 bits per heavy atom. The van der Waals surface area contributed by atoms with Crippen molar-refractivity contribution in [1.29, 1.82) is 0 Å². The molecule has 292 valence electrons. The molecule has 1 nitrogen and oxygen atoms in total. The third-order valence-electron chi connectivity index (χ3n) is 13.3. The minimum absolute atomic E-state index is 0.0624. The van der Waals surface area contributed by atoms with Gasteiger partial charge in [-0.1, -0.05) is 178 Å². The molecule has 10 rings (SSSR count). The van der Waals surface area contributed by atoms with E-state index in [1.165, 1.54) is 109 Å². The van der Waals surface area contributed by atoms with E-state index in [4.69, 9.17) is 0 Å². The normalized spacial score (nSPS) is 13.8. The highest BCUT2D eigenvalue weighted by molar-refractivity contribution is 5.95. The van der Waals surface area contributed by atoms with Crippen LogP contribution in [0, 0.1) is 0 Å². The van der Waals surface area contributed by atoms with Gasteiger partial charge in [-0.05, 0) is 153 Å². The van der Waals surface area contributed by atoms with Gasteiger partial charge in [0.2, 0.25) is 0 Å². The lowest BCUT2D eigenvalue weighted by Gasteiger charge is -2.32. The molecule has 0 amide bonds. The van der Waals surface area contributed by atoms with Gasteiger partial charge in [0.25, 0.3) is 0 Å². The topological polar surface area (TPSA) is 3.24 Å². The van der Waals surface area contributed by atoms with Crippen molar-refractivity contribution in [2.75, 3.05) is 4.90 Å². The predicted molar refractivity (Wildman–Crippen MR) is 256 cm³/mol. The molecular formula is C59H51N. The third-order valence-corrected chi connectivity index (χ3v) is 13.3. The molecule has 8 aromatic rings. The molecule has 0 unspecified atom stereocenters. The number of nitrogens with zero attached hydrogens (tertiary/aromatic N) is 1. The lowest BCUT2D eigenvalue weighted by Crippen LogP contribution is -2.23. The second-order valence-electron chi connectivity index (χ2n) is 16.6. The largest absolute Gasteiger partial charge is 0.310 e. The van der Waals surface area contributed by atoms with Crippen LogP contribution in [0.3, 0.4) is 0 Å². The first kappa shape index (κ1) is 37.6. The minimum Gasteiger partial charge on any atom is -0.310 e. The van der Waals surface area contributed by atoms with Gasteiger partial charge in [0.15, 0.2) is 0 Å². The Labute approximate surface area is 356 Å². The molecule has 0 saturated heterocycles. The average Bonchev–Trinajstić information content (AvgIpc) is 3.60. The summed E-state index contributed by atoms with van der Waals surface area (Å²) in [4.78, 5) is 2.38. The Morgan fingerprint density at radius 3 is 1.63 bits per heavy atom. The van der Waals surface area contributed by atoms with Gasteiger partial charge >= 0.3 is 0 Å². The number of hydrogen-bond donors (Lipinski definition) is 0. The maximum absolute atomic E-state index is 2.46. The zero-order chi connectivity index (χ0) is 40.5. The number of hydrogen-bond acceptors (Lipinski definition) is 1. The van der Waals surface area contributed by atoms with Crippen molar-refractivity contribution < 1.29 is 0 Å². The molecule has 8 aromatic carbocycles. The Balaban J connectivity index is 0.976. The number of anilines is 3. The Morgan fingerprint density at radius 2 is 0.967 bits per heavy atom. The molecule has 0 spiro atoms. The molecule has 0 aliphatic heterocycles. The van der Waals surface area contributed by atoms with Crippen LogP contribution in [0.1, 0.15) is 72.9 Å². The van der Waals surface area contributed by atoms with E-state index < -0.39 is 0 Å². The second-order valence-corrected chi connectivity index (χ2v) is 16.6. The Kier molecular flexibility index (Phi) is 10.1. The fraction of sp³-hybridized carbons (Fsp3) is 0.153. The molecule has 0 heterocycles. The minimum atomic E-state index is -0.0624. The van der Waals surface area contributed by atoms with Crippen molar-refractivity contribution >= 4 is 29.2 Å². The van der Waals surface area contributed by atoms with Crippen LogP contribution in [-0.4, -0.2) is 0 Å². The van der Waals surface area contributed by atoms with Crippen molar-refractivity contribution in [3.05, 3.63) is 221 Å². The SMILES string of the molecule is CCC1(CC)c2cc(/C=C/c3ccc(-c4c(-c5ccccc5)cccc4-c4ccc5c(c4)CCCC5)cc3)ccc2-c2ccc(N(c3ccccc3)c3ccccc3)cc21. The average molecular weight is 774 g/mol. The van der Waals surface area contributed by atoms with Crippen molar-refractivity contribution in [3.63, 3.8) is 0 Å². The Bertz CT molecular complexity index is 2770. The maximum Gasteiger partial charge on any atom is 0.0465 e. The summed E-state index contributed by atoms with van der Waals surface area (Å²) in [5, 5.41) is 0. The first-order valence-corrected chi connectivity index (χ1v) is 21.9. The summed E-state index contributed by atoms with van der Waals surface area (Å²) < 4.78 is 0. The van der Waals surface area contributed by atoms with E-state index in [9.17, 15) is 0 Å². The van der Waals surface area contributed by atoms with Gasteiger partial charge in [0.1, 0.15) is 0 Å². The molecule has 0 aromatic heterocycles. The van der Waals surface area contributed by atoms with Crippen LogP contribution in [0.5, 0.6) is 0 Å². The summed E-state index contributed by atoms with van der Waals surface area (Å²) in [6.07, 6.45) is 11.6. The summed E-state index contributed by atoms with van der Waals surface area (Å²) in [5.74, 6) is 0. The lowest BCUT2D eigenvalue weighted by molar-refractivity contribution is 0.490. The smallest absolute Gasteiger partial charge is 0.0465 e. The Hall–Kier alpha value is -6.70.